The summed E-state index contributed by atoms with van der Waals surface area (Å²) in [6.45, 7) is 1.93. The van der Waals surface area contributed by atoms with Crippen molar-refractivity contribution in [3.63, 3.8) is 0 Å². The van der Waals surface area contributed by atoms with Gasteiger partial charge in [-0.15, -0.1) is 11.3 Å². The molecule has 1 N–H and O–H groups in total. The molecule has 2 aromatic rings. The maximum Gasteiger partial charge on any atom is 0.234 e. The molecule has 3 rings (SSSR count). The summed E-state index contributed by atoms with van der Waals surface area (Å²) >= 11 is 1.54. The molecule has 102 valence electrons. The number of carbonyl (C=O) groups is 2. The van der Waals surface area contributed by atoms with Crippen LogP contribution < -0.4 is 5.32 Å². The Bertz CT molecular complexity index is 651. The second-order valence-corrected chi connectivity index (χ2v) is 5.97. The van der Waals surface area contributed by atoms with Gasteiger partial charge in [-0.1, -0.05) is 30.3 Å². The maximum absolute atomic E-state index is 12.2. The highest BCUT2D eigenvalue weighted by Gasteiger charge is 2.38. The fourth-order valence-corrected chi connectivity index (χ4v) is 3.31. The molecule has 1 aromatic heterocycles. The van der Waals surface area contributed by atoms with Crippen LogP contribution in [0.5, 0.6) is 0 Å². The van der Waals surface area contributed by atoms with E-state index in [1.807, 2.05) is 42.6 Å². The molecule has 1 aliphatic heterocycles. The average molecular weight is 286 g/mol. The van der Waals surface area contributed by atoms with E-state index in [4.69, 9.17) is 0 Å². The maximum atomic E-state index is 12.2. The molecule has 0 bridgehead atoms. The number of hydrogen-bond acceptors (Lipinski definition) is 4. The topological polar surface area (TPSA) is 59.1 Å². The molecule has 0 saturated carbocycles. The lowest BCUT2D eigenvalue weighted by molar-refractivity contribution is -0.135. The first-order chi connectivity index (χ1) is 9.65. The van der Waals surface area contributed by atoms with Gasteiger partial charge in [0.15, 0.2) is 0 Å². The number of benzene rings is 1. The molecule has 1 aromatic carbocycles. The van der Waals surface area contributed by atoms with Gasteiger partial charge in [-0.3, -0.25) is 14.9 Å². The normalized spacial score (nSPS) is 22.6. The Kier molecular flexibility index (Phi) is 3.36. The van der Waals surface area contributed by atoms with E-state index in [0.29, 0.717) is 6.42 Å². The van der Waals surface area contributed by atoms with E-state index in [2.05, 4.69) is 10.3 Å². The summed E-state index contributed by atoms with van der Waals surface area (Å²) in [5.41, 5.74) is 1.76. The van der Waals surface area contributed by atoms with E-state index in [1.165, 1.54) is 0 Å². The van der Waals surface area contributed by atoms with Crippen molar-refractivity contribution in [3.05, 3.63) is 52.0 Å². The molecule has 1 aliphatic rings. The largest absolute Gasteiger partial charge is 0.296 e. The molecule has 20 heavy (non-hydrogen) atoms. The minimum Gasteiger partial charge on any atom is -0.296 e. The molecule has 2 amide bonds. The van der Waals surface area contributed by atoms with Crippen molar-refractivity contribution in [2.75, 3.05) is 0 Å². The molecule has 4 nitrogen and oxygen atoms in total. The number of carbonyl (C=O) groups excluding carboxylic acids is 2. The molecule has 1 fully saturated rings. The summed E-state index contributed by atoms with van der Waals surface area (Å²) in [4.78, 5) is 28.4. The molecule has 2 unspecified atom stereocenters. The molecule has 2 atom stereocenters. The zero-order valence-electron chi connectivity index (χ0n) is 11.0. The number of aryl methyl sites for hydroxylation is 1. The highest BCUT2D eigenvalue weighted by Crippen LogP contribution is 2.38. The van der Waals surface area contributed by atoms with Crippen LogP contribution in [-0.4, -0.2) is 16.8 Å². The number of nitrogens with one attached hydrogen (secondary N) is 1. The Morgan fingerprint density at radius 3 is 2.65 bits per heavy atom. The van der Waals surface area contributed by atoms with Gasteiger partial charge in [-0.25, -0.2) is 4.98 Å². The van der Waals surface area contributed by atoms with Crippen LogP contribution in [0.2, 0.25) is 0 Å². The van der Waals surface area contributed by atoms with Gasteiger partial charge >= 0.3 is 0 Å². The number of rotatable bonds is 2. The first-order valence-corrected chi connectivity index (χ1v) is 7.34. The fraction of sp³-hybridized carbons (Fsp3) is 0.267. The lowest BCUT2D eigenvalue weighted by Gasteiger charge is -2.29. The standard InChI is InChI=1S/C15H14N2O2S/c1-9-16-12(8-20-9)11-7-13(18)17-15(19)14(11)10-5-3-2-4-6-10/h2-6,8,11,14H,7H2,1H3,(H,17,18,19). The third-order valence-electron chi connectivity index (χ3n) is 3.53. The van der Waals surface area contributed by atoms with Gasteiger partial charge in [0.25, 0.3) is 0 Å². The van der Waals surface area contributed by atoms with E-state index >= 15 is 0 Å². The average Bonchev–Trinajstić information content (AvgIpc) is 2.85. The molecule has 1 saturated heterocycles. The first kappa shape index (κ1) is 13.0. The van der Waals surface area contributed by atoms with Crippen molar-refractivity contribution in [2.45, 2.75) is 25.2 Å². The predicted molar refractivity (Wildman–Crippen MR) is 76.5 cm³/mol. The Balaban J connectivity index is 2.03. The molecule has 0 spiro atoms. The number of thiazole rings is 1. The van der Waals surface area contributed by atoms with Gasteiger partial charge in [0.2, 0.25) is 11.8 Å². The Morgan fingerprint density at radius 1 is 1.25 bits per heavy atom. The van der Waals surface area contributed by atoms with Crippen LogP contribution in [0.25, 0.3) is 0 Å². The summed E-state index contributed by atoms with van der Waals surface area (Å²) in [6.07, 6.45) is 0.300. The highest BCUT2D eigenvalue weighted by atomic mass is 32.1. The molecule has 5 heteroatoms. The minimum absolute atomic E-state index is 0.177. The zero-order valence-corrected chi connectivity index (χ0v) is 11.8. The molecule has 0 aliphatic carbocycles. The van der Waals surface area contributed by atoms with E-state index in [9.17, 15) is 9.59 Å². The first-order valence-electron chi connectivity index (χ1n) is 6.46. The molecule has 0 radical (unpaired) electrons. The van der Waals surface area contributed by atoms with Gasteiger partial charge in [0, 0.05) is 17.7 Å². The number of hydrogen-bond donors (Lipinski definition) is 1. The van der Waals surface area contributed by atoms with E-state index in [-0.39, 0.29) is 23.7 Å². The van der Waals surface area contributed by atoms with Crippen LogP contribution >= 0.6 is 11.3 Å². The van der Waals surface area contributed by atoms with Gasteiger partial charge in [0.05, 0.1) is 16.6 Å². The zero-order chi connectivity index (χ0) is 14.1. The highest BCUT2D eigenvalue weighted by molar-refractivity contribution is 7.09. The van der Waals surface area contributed by atoms with Crippen LogP contribution in [0, 0.1) is 6.92 Å². The van der Waals surface area contributed by atoms with Crippen LogP contribution in [0.4, 0.5) is 0 Å². The van der Waals surface area contributed by atoms with E-state index in [0.717, 1.165) is 16.3 Å². The Morgan fingerprint density at radius 2 is 2.00 bits per heavy atom. The van der Waals surface area contributed by atoms with Gasteiger partial charge < -0.3 is 0 Å². The van der Waals surface area contributed by atoms with E-state index < -0.39 is 0 Å². The summed E-state index contributed by atoms with van der Waals surface area (Å²) in [7, 11) is 0. The number of piperidine rings is 1. The predicted octanol–water partition coefficient (Wildman–Crippen LogP) is 2.37. The van der Waals surface area contributed by atoms with Crippen molar-refractivity contribution >= 4 is 23.2 Å². The van der Waals surface area contributed by atoms with Gasteiger partial charge in [-0.05, 0) is 12.5 Å². The Hall–Kier alpha value is -2.01. The molecular formula is C15H14N2O2S. The minimum atomic E-state index is -0.351. The number of nitrogens with zero attached hydrogens (tertiary/aromatic N) is 1. The third-order valence-corrected chi connectivity index (χ3v) is 4.32. The lowest BCUT2D eigenvalue weighted by Crippen LogP contribution is -2.43. The van der Waals surface area contributed by atoms with Crippen LogP contribution in [-0.2, 0) is 9.59 Å². The quantitative estimate of drug-likeness (QED) is 0.862. The monoisotopic (exact) mass is 286 g/mol. The molecular weight excluding hydrogens is 272 g/mol. The van der Waals surface area contributed by atoms with Crippen LogP contribution in [0.3, 0.4) is 0 Å². The number of aromatic nitrogens is 1. The van der Waals surface area contributed by atoms with Crippen molar-refractivity contribution < 1.29 is 9.59 Å². The van der Waals surface area contributed by atoms with Crippen molar-refractivity contribution in [2.24, 2.45) is 0 Å². The summed E-state index contributed by atoms with van der Waals surface area (Å²) in [6, 6.07) is 9.57. The van der Waals surface area contributed by atoms with Crippen molar-refractivity contribution in [3.8, 4) is 0 Å². The third kappa shape index (κ3) is 2.36. The van der Waals surface area contributed by atoms with Crippen molar-refractivity contribution in [1.82, 2.24) is 10.3 Å². The lowest BCUT2D eigenvalue weighted by atomic mass is 9.79. The number of amides is 2. The van der Waals surface area contributed by atoms with Crippen LogP contribution in [0.15, 0.2) is 35.7 Å². The second kappa shape index (κ2) is 5.17. The second-order valence-electron chi connectivity index (χ2n) is 4.90. The summed E-state index contributed by atoms with van der Waals surface area (Å²) in [5, 5.41) is 5.33. The smallest absolute Gasteiger partial charge is 0.234 e. The van der Waals surface area contributed by atoms with Gasteiger partial charge in [-0.2, -0.15) is 0 Å². The summed E-state index contributed by atoms with van der Waals surface area (Å²) < 4.78 is 0. The van der Waals surface area contributed by atoms with Crippen LogP contribution in [0.1, 0.15) is 34.5 Å². The van der Waals surface area contributed by atoms with E-state index in [1.54, 1.807) is 11.3 Å². The summed E-state index contributed by atoms with van der Waals surface area (Å²) in [5.74, 6) is -0.986. The van der Waals surface area contributed by atoms with Crippen molar-refractivity contribution in [1.29, 1.82) is 0 Å². The SMILES string of the molecule is Cc1nc(C2CC(=O)NC(=O)C2c2ccccc2)cs1. The number of imide groups is 1. The Labute approximate surface area is 120 Å². The fourth-order valence-electron chi connectivity index (χ4n) is 2.64. The van der Waals surface area contributed by atoms with Gasteiger partial charge in [0.1, 0.15) is 0 Å². The molecule has 2 heterocycles.